The molecule has 0 bridgehead atoms. The number of aliphatic hydroxyl groups excluding tert-OH is 1. The molecule has 0 fully saturated rings. The van der Waals surface area contributed by atoms with Crippen LogP contribution in [0.3, 0.4) is 0 Å². The Bertz CT molecular complexity index is 815. The van der Waals surface area contributed by atoms with Crippen molar-refractivity contribution in [3.8, 4) is 11.8 Å². The Morgan fingerprint density at radius 2 is 2.19 bits per heavy atom. The summed E-state index contributed by atoms with van der Waals surface area (Å²) >= 11 is 0. The molecule has 7 nitrogen and oxygen atoms in total. The summed E-state index contributed by atoms with van der Waals surface area (Å²) in [5.74, 6) is 5.29. The highest BCUT2D eigenvalue weighted by atomic mass is 32.2. The quantitative estimate of drug-likeness (QED) is 0.793. The number of nitrogens with zero attached hydrogens (tertiary/aromatic N) is 3. The summed E-state index contributed by atoms with van der Waals surface area (Å²) in [7, 11) is -2.20. The Kier molecular flexibility index (Phi) is 4.26. The van der Waals surface area contributed by atoms with Gasteiger partial charge in [0.25, 0.3) is 10.0 Å². The van der Waals surface area contributed by atoms with Gasteiger partial charge >= 0.3 is 0 Å². The SMILES string of the molecule is Cc1ccc(C#CCO)cc1S(=O)(=O)Nc1ncnn1C. The molecule has 2 aromatic rings. The van der Waals surface area contributed by atoms with Crippen molar-refractivity contribution < 1.29 is 13.5 Å². The lowest BCUT2D eigenvalue weighted by atomic mass is 10.1. The van der Waals surface area contributed by atoms with Gasteiger partial charge in [-0.2, -0.15) is 10.1 Å². The number of anilines is 1. The van der Waals surface area contributed by atoms with Crippen LogP contribution in [0.15, 0.2) is 29.4 Å². The number of hydrogen-bond donors (Lipinski definition) is 2. The molecule has 8 heteroatoms. The fourth-order valence-corrected chi connectivity index (χ4v) is 2.98. The summed E-state index contributed by atoms with van der Waals surface area (Å²) in [6.07, 6.45) is 1.26. The molecule has 21 heavy (non-hydrogen) atoms. The van der Waals surface area contributed by atoms with Gasteiger partial charge in [-0.05, 0) is 24.6 Å². The third-order valence-electron chi connectivity index (χ3n) is 2.73. The highest BCUT2D eigenvalue weighted by Gasteiger charge is 2.19. The molecule has 1 aromatic carbocycles. The van der Waals surface area contributed by atoms with Crippen molar-refractivity contribution in [2.24, 2.45) is 7.05 Å². The number of aryl methyl sites for hydroxylation is 2. The molecule has 0 saturated carbocycles. The summed E-state index contributed by atoms with van der Waals surface area (Å²) in [5.41, 5.74) is 1.09. The Morgan fingerprint density at radius 3 is 2.81 bits per heavy atom. The number of rotatable bonds is 3. The zero-order chi connectivity index (χ0) is 15.5. The molecule has 0 spiro atoms. The standard InChI is InChI=1S/C13H14N4O3S/c1-10-5-6-11(4-3-7-18)8-12(10)21(19,20)16-13-14-9-15-17(13)2/h5-6,8-9,18H,7H2,1-2H3,(H,14,15,16). The van der Waals surface area contributed by atoms with Gasteiger partial charge in [-0.1, -0.05) is 17.9 Å². The molecule has 1 heterocycles. The second kappa shape index (κ2) is 5.95. The number of benzene rings is 1. The average molecular weight is 306 g/mol. The van der Waals surface area contributed by atoms with Gasteiger partial charge in [0.1, 0.15) is 12.9 Å². The van der Waals surface area contributed by atoms with Crippen molar-refractivity contribution in [1.29, 1.82) is 0 Å². The minimum atomic E-state index is -3.79. The molecule has 1 aromatic heterocycles. The number of aliphatic hydroxyl groups is 1. The van der Waals surface area contributed by atoms with Crippen LogP contribution in [0.2, 0.25) is 0 Å². The summed E-state index contributed by atoms with van der Waals surface area (Å²) < 4.78 is 28.5. The van der Waals surface area contributed by atoms with Crippen molar-refractivity contribution >= 4 is 16.0 Å². The van der Waals surface area contributed by atoms with E-state index in [1.54, 1.807) is 26.1 Å². The lowest BCUT2D eigenvalue weighted by Gasteiger charge is -2.09. The normalized spacial score (nSPS) is 10.8. The third-order valence-corrected chi connectivity index (χ3v) is 4.20. The number of nitrogens with one attached hydrogen (secondary N) is 1. The molecule has 0 aliphatic rings. The van der Waals surface area contributed by atoms with E-state index in [0.717, 1.165) is 0 Å². The van der Waals surface area contributed by atoms with E-state index in [0.29, 0.717) is 11.1 Å². The molecule has 2 N–H and O–H groups in total. The van der Waals surface area contributed by atoms with E-state index < -0.39 is 10.0 Å². The van der Waals surface area contributed by atoms with Crippen LogP contribution in [-0.4, -0.2) is 34.9 Å². The fourth-order valence-electron chi connectivity index (χ4n) is 1.67. The van der Waals surface area contributed by atoms with E-state index >= 15 is 0 Å². The van der Waals surface area contributed by atoms with Crippen LogP contribution in [-0.2, 0) is 17.1 Å². The van der Waals surface area contributed by atoms with Crippen LogP contribution in [0.25, 0.3) is 0 Å². The topological polar surface area (TPSA) is 97.1 Å². The van der Waals surface area contributed by atoms with E-state index in [9.17, 15) is 8.42 Å². The minimum absolute atomic E-state index is 0.107. The Morgan fingerprint density at radius 1 is 1.43 bits per heavy atom. The van der Waals surface area contributed by atoms with Crippen LogP contribution >= 0.6 is 0 Å². The maximum atomic E-state index is 12.4. The van der Waals surface area contributed by atoms with Gasteiger partial charge in [0.15, 0.2) is 0 Å². The van der Waals surface area contributed by atoms with Crippen LogP contribution in [0, 0.1) is 18.8 Å². The number of sulfonamides is 1. The Balaban J connectivity index is 2.42. The van der Waals surface area contributed by atoms with E-state index in [1.165, 1.54) is 17.1 Å². The van der Waals surface area contributed by atoms with Gasteiger partial charge in [0.05, 0.1) is 4.90 Å². The van der Waals surface area contributed by atoms with Crippen molar-refractivity contribution in [2.45, 2.75) is 11.8 Å². The van der Waals surface area contributed by atoms with Crippen molar-refractivity contribution in [1.82, 2.24) is 14.8 Å². The molecule has 110 valence electrons. The van der Waals surface area contributed by atoms with Gasteiger partial charge in [-0.3, -0.25) is 0 Å². The summed E-state index contributed by atoms with van der Waals surface area (Å²) in [6, 6.07) is 4.81. The maximum absolute atomic E-state index is 12.4. The first kappa shape index (κ1) is 15.0. The molecule has 0 radical (unpaired) electrons. The van der Waals surface area contributed by atoms with Gasteiger partial charge < -0.3 is 5.11 Å². The summed E-state index contributed by atoms with van der Waals surface area (Å²) in [5, 5.41) is 12.5. The van der Waals surface area contributed by atoms with Gasteiger partial charge in [-0.15, -0.1) is 0 Å². The molecule has 0 saturated heterocycles. The first-order valence-electron chi connectivity index (χ1n) is 6.01. The molecular formula is C13H14N4O3S. The lowest BCUT2D eigenvalue weighted by Crippen LogP contribution is -2.17. The molecule has 0 aliphatic heterocycles. The summed E-state index contributed by atoms with van der Waals surface area (Å²) in [4.78, 5) is 3.94. The van der Waals surface area contributed by atoms with E-state index in [4.69, 9.17) is 5.11 Å². The van der Waals surface area contributed by atoms with E-state index in [2.05, 4.69) is 26.6 Å². The Labute approximate surface area is 122 Å². The molecule has 0 unspecified atom stereocenters. The van der Waals surface area contributed by atoms with Crippen LogP contribution in [0.4, 0.5) is 5.95 Å². The highest BCUT2D eigenvalue weighted by Crippen LogP contribution is 2.19. The Hall–Kier alpha value is -2.37. The predicted octanol–water partition coefficient (Wildman–Crippen LogP) is 0.268. The molecule has 2 rings (SSSR count). The molecular weight excluding hydrogens is 292 g/mol. The van der Waals surface area contributed by atoms with Crippen molar-refractivity contribution in [3.63, 3.8) is 0 Å². The molecule has 0 aliphatic carbocycles. The van der Waals surface area contributed by atoms with Crippen molar-refractivity contribution in [2.75, 3.05) is 11.3 Å². The van der Waals surface area contributed by atoms with Crippen LogP contribution in [0.1, 0.15) is 11.1 Å². The van der Waals surface area contributed by atoms with Gasteiger partial charge in [0, 0.05) is 12.6 Å². The van der Waals surface area contributed by atoms with E-state index in [1.807, 2.05) is 0 Å². The second-order valence-electron chi connectivity index (χ2n) is 4.25. The predicted molar refractivity (Wildman–Crippen MR) is 77.0 cm³/mol. The monoisotopic (exact) mass is 306 g/mol. The largest absolute Gasteiger partial charge is 0.384 e. The molecule has 0 atom stereocenters. The number of hydrogen-bond acceptors (Lipinski definition) is 5. The van der Waals surface area contributed by atoms with Gasteiger partial charge in [-0.25, -0.2) is 17.8 Å². The fraction of sp³-hybridized carbons (Fsp3) is 0.231. The van der Waals surface area contributed by atoms with Crippen molar-refractivity contribution in [3.05, 3.63) is 35.7 Å². The minimum Gasteiger partial charge on any atom is -0.384 e. The smallest absolute Gasteiger partial charge is 0.264 e. The zero-order valence-electron chi connectivity index (χ0n) is 11.5. The maximum Gasteiger partial charge on any atom is 0.264 e. The lowest BCUT2D eigenvalue weighted by molar-refractivity contribution is 0.350. The van der Waals surface area contributed by atoms with Gasteiger partial charge in [0.2, 0.25) is 5.95 Å². The zero-order valence-corrected chi connectivity index (χ0v) is 12.3. The van der Waals surface area contributed by atoms with Crippen LogP contribution in [0.5, 0.6) is 0 Å². The summed E-state index contributed by atoms with van der Waals surface area (Å²) in [6.45, 7) is 1.40. The number of aromatic nitrogens is 3. The highest BCUT2D eigenvalue weighted by molar-refractivity contribution is 7.92. The third kappa shape index (κ3) is 3.39. The second-order valence-corrected chi connectivity index (χ2v) is 5.90. The van der Waals surface area contributed by atoms with E-state index in [-0.39, 0.29) is 17.5 Å². The molecule has 0 amide bonds. The first-order valence-corrected chi connectivity index (χ1v) is 7.49. The average Bonchev–Trinajstić information content (AvgIpc) is 2.82. The van der Waals surface area contributed by atoms with Crippen LogP contribution < -0.4 is 4.72 Å². The first-order chi connectivity index (χ1) is 9.94.